The fourth-order valence-electron chi connectivity index (χ4n) is 2.58. The molecule has 0 unspecified atom stereocenters. The van der Waals surface area contributed by atoms with E-state index in [9.17, 15) is 4.79 Å². The Morgan fingerprint density at radius 3 is 2.79 bits per heavy atom. The van der Waals surface area contributed by atoms with Gasteiger partial charge in [-0.25, -0.2) is 14.6 Å². The van der Waals surface area contributed by atoms with Gasteiger partial charge >= 0.3 is 5.97 Å². The van der Waals surface area contributed by atoms with Crippen molar-refractivity contribution in [1.29, 1.82) is 0 Å². The molecule has 24 heavy (non-hydrogen) atoms. The maximum atomic E-state index is 11.4. The van der Waals surface area contributed by atoms with Gasteiger partial charge in [-0.05, 0) is 13.8 Å². The first kappa shape index (κ1) is 15.9. The molecule has 0 aliphatic heterocycles. The Morgan fingerprint density at radius 1 is 1.33 bits per heavy atom. The largest absolute Gasteiger partial charge is 0.468 e. The summed E-state index contributed by atoms with van der Waals surface area (Å²) >= 11 is 0. The summed E-state index contributed by atoms with van der Waals surface area (Å²) < 4.78 is 8.02. The van der Waals surface area contributed by atoms with Gasteiger partial charge in [0.2, 0.25) is 0 Å². The van der Waals surface area contributed by atoms with Crippen molar-refractivity contribution >= 4 is 22.8 Å². The van der Waals surface area contributed by atoms with Crippen molar-refractivity contribution in [2.24, 2.45) is 7.05 Å². The van der Waals surface area contributed by atoms with Crippen LogP contribution < -0.4 is 5.32 Å². The average Bonchev–Trinajstić information content (AvgIpc) is 3.08. The second-order valence-corrected chi connectivity index (χ2v) is 5.46. The molecule has 3 rings (SSSR count). The molecule has 0 saturated carbocycles. The Hall–Kier alpha value is -2.97. The van der Waals surface area contributed by atoms with Crippen LogP contribution in [0.3, 0.4) is 0 Å². The zero-order chi connectivity index (χ0) is 17.3. The van der Waals surface area contributed by atoms with E-state index >= 15 is 0 Å². The molecule has 3 aromatic heterocycles. The number of hydrogen-bond acceptors (Lipinski definition) is 7. The number of carbonyl (C=O) groups is 1. The van der Waals surface area contributed by atoms with Gasteiger partial charge < -0.3 is 10.1 Å². The Labute approximate surface area is 138 Å². The maximum absolute atomic E-state index is 11.4. The van der Waals surface area contributed by atoms with Gasteiger partial charge in [-0.1, -0.05) is 0 Å². The van der Waals surface area contributed by atoms with Crippen LogP contribution in [0.1, 0.15) is 17.0 Å². The standard InChI is InChI=1S/C15H19N7O2/c1-9-11(10(2)21(3)20-9)5-16-14-12-6-19-22(7-13(23)24-4)15(12)18-8-17-14/h6,8H,5,7H2,1-4H3,(H,16,17,18). The second-order valence-electron chi connectivity index (χ2n) is 5.46. The molecule has 3 heterocycles. The number of carbonyl (C=O) groups excluding carboxylic acids is 1. The van der Waals surface area contributed by atoms with E-state index in [4.69, 9.17) is 0 Å². The highest BCUT2D eigenvalue weighted by Crippen LogP contribution is 2.20. The molecule has 9 nitrogen and oxygen atoms in total. The highest BCUT2D eigenvalue weighted by atomic mass is 16.5. The number of aryl methyl sites for hydroxylation is 2. The molecule has 1 N–H and O–H groups in total. The number of nitrogens with one attached hydrogen (secondary N) is 1. The fourth-order valence-corrected chi connectivity index (χ4v) is 2.58. The van der Waals surface area contributed by atoms with E-state index in [1.54, 1.807) is 6.20 Å². The van der Waals surface area contributed by atoms with Crippen molar-refractivity contribution < 1.29 is 9.53 Å². The van der Waals surface area contributed by atoms with Crippen molar-refractivity contribution in [3.8, 4) is 0 Å². The Bertz CT molecular complexity index is 897. The van der Waals surface area contributed by atoms with Gasteiger partial charge in [0.15, 0.2) is 5.65 Å². The van der Waals surface area contributed by atoms with Crippen molar-refractivity contribution in [2.75, 3.05) is 12.4 Å². The smallest absolute Gasteiger partial charge is 0.327 e. The van der Waals surface area contributed by atoms with Gasteiger partial charge in [0.1, 0.15) is 18.7 Å². The van der Waals surface area contributed by atoms with Crippen LogP contribution in [0.4, 0.5) is 5.82 Å². The second kappa shape index (κ2) is 6.26. The topological polar surface area (TPSA) is 99.8 Å². The molecular formula is C15H19N7O2. The fraction of sp³-hybridized carbons (Fsp3) is 0.400. The lowest BCUT2D eigenvalue weighted by Gasteiger charge is -2.07. The number of fused-ring (bicyclic) bond motifs is 1. The minimum Gasteiger partial charge on any atom is -0.468 e. The maximum Gasteiger partial charge on any atom is 0.327 e. The number of methoxy groups -OCH3 is 1. The van der Waals surface area contributed by atoms with Gasteiger partial charge in [0.25, 0.3) is 0 Å². The van der Waals surface area contributed by atoms with E-state index < -0.39 is 0 Å². The van der Waals surface area contributed by atoms with Crippen molar-refractivity contribution in [1.82, 2.24) is 29.5 Å². The summed E-state index contributed by atoms with van der Waals surface area (Å²) in [5.74, 6) is 0.286. The molecule has 0 amide bonds. The number of aromatic nitrogens is 6. The van der Waals surface area contributed by atoms with Crippen LogP contribution in [0.5, 0.6) is 0 Å². The number of nitrogens with zero attached hydrogens (tertiary/aromatic N) is 6. The van der Waals surface area contributed by atoms with E-state index in [0.29, 0.717) is 18.0 Å². The van der Waals surface area contributed by atoms with Gasteiger partial charge in [0.05, 0.1) is 24.4 Å². The number of rotatable bonds is 5. The molecule has 9 heteroatoms. The number of ether oxygens (including phenoxy) is 1. The first-order valence-electron chi connectivity index (χ1n) is 7.47. The van der Waals surface area contributed by atoms with Crippen LogP contribution >= 0.6 is 0 Å². The monoisotopic (exact) mass is 329 g/mol. The highest BCUT2D eigenvalue weighted by molar-refractivity contribution is 5.86. The van der Waals surface area contributed by atoms with Gasteiger partial charge in [-0.15, -0.1) is 0 Å². The van der Waals surface area contributed by atoms with Crippen molar-refractivity contribution in [2.45, 2.75) is 26.9 Å². The van der Waals surface area contributed by atoms with Gasteiger partial charge in [-0.2, -0.15) is 10.2 Å². The molecule has 0 aliphatic carbocycles. The lowest BCUT2D eigenvalue weighted by atomic mass is 10.2. The molecule has 3 aromatic rings. The molecule has 126 valence electrons. The van der Waals surface area contributed by atoms with Crippen molar-refractivity contribution in [3.05, 3.63) is 29.5 Å². The van der Waals surface area contributed by atoms with Crippen LogP contribution in [-0.4, -0.2) is 42.6 Å². The molecule has 0 spiro atoms. The Kier molecular flexibility index (Phi) is 4.15. The Balaban J connectivity index is 1.86. The molecule has 0 aliphatic rings. The third-order valence-corrected chi connectivity index (χ3v) is 4.03. The minimum absolute atomic E-state index is 0.0112. The third-order valence-electron chi connectivity index (χ3n) is 4.03. The SMILES string of the molecule is COC(=O)Cn1ncc2c(NCc3c(C)nn(C)c3C)ncnc21. The lowest BCUT2D eigenvalue weighted by Crippen LogP contribution is -2.13. The molecule has 0 atom stereocenters. The summed E-state index contributed by atoms with van der Waals surface area (Å²) in [6.07, 6.45) is 3.09. The van der Waals surface area contributed by atoms with Crippen LogP contribution in [-0.2, 0) is 29.7 Å². The quantitative estimate of drug-likeness (QED) is 0.696. The normalized spacial score (nSPS) is 11.0. The number of anilines is 1. The van der Waals surface area contributed by atoms with E-state index in [0.717, 1.165) is 22.3 Å². The first-order chi connectivity index (χ1) is 11.5. The minimum atomic E-state index is -0.380. The highest BCUT2D eigenvalue weighted by Gasteiger charge is 2.14. The van der Waals surface area contributed by atoms with Crippen LogP contribution in [0.25, 0.3) is 11.0 Å². The first-order valence-corrected chi connectivity index (χ1v) is 7.47. The summed E-state index contributed by atoms with van der Waals surface area (Å²) in [6.45, 7) is 4.62. The summed E-state index contributed by atoms with van der Waals surface area (Å²) in [4.78, 5) is 19.9. The van der Waals surface area contributed by atoms with E-state index in [-0.39, 0.29) is 12.5 Å². The van der Waals surface area contributed by atoms with Gasteiger partial charge in [-0.3, -0.25) is 9.48 Å². The van der Waals surface area contributed by atoms with E-state index in [1.807, 2.05) is 25.6 Å². The van der Waals surface area contributed by atoms with Crippen LogP contribution in [0.15, 0.2) is 12.5 Å². The third kappa shape index (κ3) is 2.80. The number of esters is 1. The molecule has 0 saturated heterocycles. The molecule has 0 radical (unpaired) electrons. The Morgan fingerprint density at radius 2 is 2.12 bits per heavy atom. The zero-order valence-corrected chi connectivity index (χ0v) is 14.1. The van der Waals surface area contributed by atoms with E-state index in [2.05, 4.69) is 30.2 Å². The molecule has 0 aromatic carbocycles. The summed E-state index contributed by atoms with van der Waals surface area (Å²) in [7, 11) is 3.26. The zero-order valence-electron chi connectivity index (χ0n) is 14.1. The number of hydrogen-bond donors (Lipinski definition) is 1. The average molecular weight is 329 g/mol. The predicted octanol–water partition coefficient (Wildman–Crippen LogP) is 0.962. The molecule has 0 fully saturated rings. The summed E-state index contributed by atoms with van der Waals surface area (Å²) in [5.41, 5.74) is 3.80. The summed E-state index contributed by atoms with van der Waals surface area (Å²) in [5, 5.41) is 12.7. The van der Waals surface area contributed by atoms with Crippen LogP contribution in [0.2, 0.25) is 0 Å². The molecular weight excluding hydrogens is 310 g/mol. The predicted molar refractivity (Wildman–Crippen MR) is 87.3 cm³/mol. The lowest BCUT2D eigenvalue weighted by molar-refractivity contribution is -0.141. The van der Waals surface area contributed by atoms with Gasteiger partial charge in [0, 0.05) is 24.8 Å². The van der Waals surface area contributed by atoms with E-state index in [1.165, 1.54) is 18.1 Å². The van der Waals surface area contributed by atoms with Crippen molar-refractivity contribution in [3.63, 3.8) is 0 Å². The summed E-state index contributed by atoms with van der Waals surface area (Å²) in [6, 6.07) is 0. The molecule has 0 bridgehead atoms. The van der Waals surface area contributed by atoms with Crippen LogP contribution in [0, 0.1) is 13.8 Å².